The highest BCUT2D eigenvalue weighted by molar-refractivity contribution is 6.34. The fourth-order valence-corrected chi connectivity index (χ4v) is 5.72. The maximum absolute atomic E-state index is 12.9. The summed E-state index contributed by atoms with van der Waals surface area (Å²) in [5, 5.41) is 6.23. The Balaban J connectivity index is 1.39. The molecule has 6 nitrogen and oxygen atoms in total. The van der Waals surface area contributed by atoms with Gasteiger partial charge in [0.15, 0.2) is 0 Å². The minimum atomic E-state index is -0.0779. The Morgan fingerprint density at radius 3 is 2.76 bits per heavy atom. The van der Waals surface area contributed by atoms with Crippen molar-refractivity contribution in [3.8, 4) is 0 Å². The minimum absolute atomic E-state index is 0.0779. The first-order valence-electron chi connectivity index (χ1n) is 12.6. The lowest BCUT2D eigenvalue weighted by atomic mass is 9.81. The minimum Gasteiger partial charge on any atom is -0.359 e. The summed E-state index contributed by atoms with van der Waals surface area (Å²) in [6.07, 6.45) is 8.14. The normalized spacial score (nSPS) is 20.9. The van der Waals surface area contributed by atoms with E-state index >= 15 is 0 Å². The second kappa shape index (κ2) is 10.6. The number of carbonyl (C=O) groups is 2. The van der Waals surface area contributed by atoms with Crippen LogP contribution in [0.1, 0.15) is 60.2 Å². The molecule has 1 aromatic carbocycles. The number of aromatic amines is 1. The Morgan fingerprint density at radius 1 is 1.21 bits per heavy atom. The first-order chi connectivity index (χ1) is 16.4. The average Bonchev–Trinajstić information content (AvgIpc) is 3.27. The van der Waals surface area contributed by atoms with Crippen LogP contribution in [0.15, 0.2) is 24.3 Å². The topological polar surface area (TPSA) is 77.2 Å². The molecule has 2 amide bonds. The van der Waals surface area contributed by atoms with E-state index in [4.69, 9.17) is 0 Å². The van der Waals surface area contributed by atoms with Gasteiger partial charge in [-0.2, -0.15) is 0 Å². The number of nitrogens with zero attached hydrogens (tertiary/aromatic N) is 1. The van der Waals surface area contributed by atoms with E-state index in [0.717, 1.165) is 47.2 Å². The van der Waals surface area contributed by atoms with E-state index in [-0.39, 0.29) is 11.8 Å². The van der Waals surface area contributed by atoms with Crippen molar-refractivity contribution in [3.63, 3.8) is 0 Å². The molecule has 6 heteroatoms. The van der Waals surface area contributed by atoms with E-state index in [9.17, 15) is 9.59 Å². The van der Waals surface area contributed by atoms with Crippen LogP contribution in [0.25, 0.3) is 11.6 Å². The molecule has 1 aliphatic carbocycles. The number of hydrogen-bond donors (Lipinski definition) is 3. The molecule has 2 heterocycles. The molecule has 1 fully saturated rings. The maximum Gasteiger partial charge on any atom is 0.256 e. The molecule has 2 aromatic rings. The fraction of sp³-hybridized carbons (Fsp3) is 0.500. The first kappa shape index (κ1) is 24.3. The number of anilines is 1. The third-order valence-corrected chi connectivity index (χ3v) is 7.56. The molecule has 1 aliphatic heterocycles. The number of carbonyl (C=O) groups excluding carboxylic acids is 2. The molecule has 2 aliphatic rings. The van der Waals surface area contributed by atoms with Crippen LogP contribution in [-0.2, 0) is 16.0 Å². The molecule has 182 valence electrons. The number of hydrogen-bond acceptors (Lipinski definition) is 3. The van der Waals surface area contributed by atoms with Crippen LogP contribution >= 0.6 is 0 Å². The molecule has 0 radical (unpaired) electrons. The van der Waals surface area contributed by atoms with Gasteiger partial charge in [-0.1, -0.05) is 24.6 Å². The fourth-order valence-electron chi connectivity index (χ4n) is 5.72. The predicted molar refractivity (Wildman–Crippen MR) is 139 cm³/mol. The summed E-state index contributed by atoms with van der Waals surface area (Å²) in [5.41, 5.74) is 6.74. The second-order valence-electron chi connectivity index (χ2n) is 10.1. The van der Waals surface area contributed by atoms with Crippen molar-refractivity contribution in [2.45, 2.75) is 52.4 Å². The van der Waals surface area contributed by atoms with Crippen molar-refractivity contribution >= 4 is 29.2 Å². The molecule has 0 saturated heterocycles. The molecule has 1 aromatic heterocycles. The number of rotatable bonds is 8. The van der Waals surface area contributed by atoms with E-state index in [0.29, 0.717) is 24.3 Å². The summed E-state index contributed by atoms with van der Waals surface area (Å²) in [4.78, 5) is 30.8. The number of aromatic nitrogens is 1. The average molecular weight is 463 g/mol. The highest BCUT2D eigenvalue weighted by Crippen LogP contribution is 2.34. The molecular formula is C28H38N4O2. The van der Waals surface area contributed by atoms with Crippen LogP contribution in [0.5, 0.6) is 0 Å². The highest BCUT2D eigenvalue weighted by Gasteiger charge is 2.26. The van der Waals surface area contributed by atoms with Gasteiger partial charge in [0.25, 0.3) is 5.91 Å². The third-order valence-electron chi connectivity index (χ3n) is 7.56. The SMILES string of the molecule is CNCC1CCCC(CN(C)C(=O)CCc2c(C)[nH]c(/C=C3\C(=O)Nc4ccccc43)c2C)C1. The standard InChI is InChI=1S/C28H38N4O2/c1-18-22(12-13-27(33)32(4)17-21-9-7-8-20(14-21)16-29-3)19(2)30-26(18)15-24-23-10-5-6-11-25(23)31-28(24)34/h5-6,10-11,15,20-21,29-30H,7-9,12-14,16-17H2,1-4H3,(H,31,34)/b24-15-. The monoisotopic (exact) mass is 462 g/mol. The molecule has 34 heavy (non-hydrogen) atoms. The highest BCUT2D eigenvalue weighted by atomic mass is 16.2. The van der Waals surface area contributed by atoms with Crippen molar-refractivity contribution in [2.24, 2.45) is 11.8 Å². The Morgan fingerprint density at radius 2 is 1.97 bits per heavy atom. The smallest absolute Gasteiger partial charge is 0.256 e. The molecule has 3 N–H and O–H groups in total. The van der Waals surface area contributed by atoms with Gasteiger partial charge < -0.3 is 20.5 Å². The van der Waals surface area contributed by atoms with Crippen molar-refractivity contribution < 1.29 is 9.59 Å². The van der Waals surface area contributed by atoms with Gasteiger partial charge in [-0.15, -0.1) is 0 Å². The van der Waals surface area contributed by atoms with Crippen LogP contribution < -0.4 is 10.6 Å². The van der Waals surface area contributed by atoms with Crippen LogP contribution in [0.4, 0.5) is 5.69 Å². The number of fused-ring (bicyclic) bond motifs is 1. The molecular weight excluding hydrogens is 424 g/mol. The Hall–Kier alpha value is -2.86. The zero-order chi connectivity index (χ0) is 24.2. The lowest BCUT2D eigenvalue weighted by molar-refractivity contribution is -0.130. The van der Waals surface area contributed by atoms with Gasteiger partial charge in [0.1, 0.15) is 0 Å². The number of H-pyrrole nitrogens is 1. The number of nitrogens with one attached hydrogen (secondary N) is 3. The van der Waals surface area contributed by atoms with Gasteiger partial charge in [-0.05, 0) is 88.2 Å². The van der Waals surface area contributed by atoms with Gasteiger partial charge >= 0.3 is 0 Å². The summed E-state index contributed by atoms with van der Waals surface area (Å²) < 4.78 is 0. The van der Waals surface area contributed by atoms with Crippen LogP contribution in [0, 0.1) is 25.7 Å². The zero-order valence-corrected chi connectivity index (χ0v) is 21.0. The summed E-state index contributed by atoms with van der Waals surface area (Å²) in [7, 11) is 3.97. The molecule has 2 atom stereocenters. The van der Waals surface area contributed by atoms with E-state index < -0.39 is 0 Å². The Labute approximate surface area is 203 Å². The number of aryl methyl sites for hydroxylation is 1. The Bertz CT molecular complexity index is 1080. The van der Waals surface area contributed by atoms with Gasteiger partial charge in [0.2, 0.25) is 5.91 Å². The predicted octanol–water partition coefficient (Wildman–Crippen LogP) is 4.54. The van der Waals surface area contributed by atoms with Crippen molar-refractivity contribution in [3.05, 3.63) is 52.3 Å². The summed E-state index contributed by atoms with van der Waals surface area (Å²) >= 11 is 0. The van der Waals surface area contributed by atoms with Gasteiger partial charge in [-0.25, -0.2) is 0 Å². The first-order valence-corrected chi connectivity index (χ1v) is 12.6. The van der Waals surface area contributed by atoms with Gasteiger partial charge in [0, 0.05) is 42.7 Å². The van der Waals surface area contributed by atoms with Crippen molar-refractivity contribution in [2.75, 3.05) is 32.5 Å². The third kappa shape index (κ3) is 5.27. The lowest BCUT2D eigenvalue weighted by Crippen LogP contribution is -2.35. The zero-order valence-electron chi connectivity index (χ0n) is 21.0. The van der Waals surface area contributed by atoms with E-state index in [1.54, 1.807) is 0 Å². The molecule has 0 spiro atoms. The quantitative estimate of drug-likeness (QED) is 0.504. The number of benzene rings is 1. The second-order valence-corrected chi connectivity index (χ2v) is 10.1. The molecule has 2 unspecified atom stereocenters. The van der Waals surface area contributed by atoms with Crippen LogP contribution in [0.2, 0.25) is 0 Å². The number of amides is 2. The van der Waals surface area contributed by atoms with Gasteiger partial charge in [-0.3, -0.25) is 9.59 Å². The summed E-state index contributed by atoms with van der Waals surface area (Å²) in [5.74, 6) is 1.47. The number of para-hydroxylation sites is 1. The van der Waals surface area contributed by atoms with E-state index in [1.165, 1.54) is 31.2 Å². The molecule has 1 saturated carbocycles. The van der Waals surface area contributed by atoms with Crippen LogP contribution in [-0.4, -0.2) is 48.9 Å². The van der Waals surface area contributed by atoms with Crippen LogP contribution in [0.3, 0.4) is 0 Å². The molecule has 0 bridgehead atoms. The molecule has 4 rings (SSSR count). The summed E-state index contributed by atoms with van der Waals surface area (Å²) in [6, 6.07) is 7.75. The maximum atomic E-state index is 12.9. The van der Waals surface area contributed by atoms with Gasteiger partial charge in [0.05, 0.1) is 5.57 Å². The van der Waals surface area contributed by atoms with E-state index in [2.05, 4.69) is 22.5 Å². The van der Waals surface area contributed by atoms with Crippen molar-refractivity contribution in [1.82, 2.24) is 15.2 Å². The van der Waals surface area contributed by atoms with Crippen molar-refractivity contribution in [1.29, 1.82) is 0 Å². The summed E-state index contributed by atoms with van der Waals surface area (Å²) in [6.45, 7) is 6.05. The Kier molecular flexibility index (Phi) is 7.57. The largest absolute Gasteiger partial charge is 0.359 e. The lowest BCUT2D eigenvalue weighted by Gasteiger charge is -2.32. The van der Waals surface area contributed by atoms with E-state index in [1.807, 2.05) is 56.3 Å².